The van der Waals surface area contributed by atoms with Gasteiger partial charge in [-0.2, -0.15) is 23.1 Å². The smallest absolute Gasteiger partial charge is 0.418 e. The number of nitrogens with zero attached hydrogens (tertiary/aromatic N) is 5. The number of anilines is 3. The monoisotopic (exact) mass is 677 g/mol. The van der Waals surface area contributed by atoms with Crippen LogP contribution in [0.4, 0.5) is 39.4 Å². The molecule has 3 aliphatic heterocycles. The third-order valence-corrected chi connectivity index (χ3v) is 9.53. The molecule has 0 spiro atoms. The first-order chi connectivity index (χ1) is 22.3. The molecule has 248 valence electrons. The van der Waals surface area contributed by atoms with E-state index in [0.29, 0.717) is 18.4 Å². The molecule has 2 bridgehead atoms. The molecule has 1 aliphatic carbocycles. The molecule has 47 heavy (non-hydrogen) atoms. The summed E-state index contributed by atoms with van der Waals surface area (Å²) in [5.74, 6) is -1.18. The van der Waals surface area contributed by atoms with Crippen LogP contribution in [-0.2, 0) is 10.9 Å². The number of benzene rings is 1. The molecule has 3 fully saturated rings. The highest BCUT2D eigenvalue weighted by Gasteiger charge is 2.63. The van der Waals surface area contributed by atoms with E-state index in [0.717, 1.165) is 6.07 Å². The van der Waals surface area contributed by atoms with E-state index >= 15 is 4.39 Å². The van der Waals surface area contributed by atoms with Gasteiger partial charge in [-0.1, -0.05) is 17.7 Å². The third kappa shape index (κ3) is 5.01. The van der Waals surface area contributed by atoms with Crippen molar-refractivity contribution in [2.75, 3.05) is 49.4 Å². The van der Waals surface area contributed by atoms with Crippen molar-refractivity contribution in [2.45, 2.75) is 44.5 Å². The largest absolute Gasteiger partial charge is 0.489 e. The van der Waals surface area contributed by atoms with Gasteiger partial charge in [-0.05, 0) is 44.4 Å². The molecule has 2 saturated heterocycles. The number of ether oxygens (including phenoxy) is 3. The van der Waals surface area contributed by atoms with Gasteiger partial charge in [0.1, 0.15) is 36.3 Å². The van der Waals surface area contributed by atoms with Crippen LogP contribution >= 0.6 is 11.6 Å². The van der Waals surface area contributed by atoms with Crippen LogP contribution < -0.4 is 25.8 Å². The van der Waals surface area contributed by atoms with E-state index in [-0.39, 0.29) is 66.5 Å². The van der Waals surface area contributed by atoms with E-state index < -0.39 is 63.1 Å². The first-order valence-electron chi connectivity index (χ1n) is 14.8. The Morgan fingerprint density at radius 1 is 1.19 bits per heavy atom. The van der Waals surface area contributed by atoms with Crippen LogP contribution in [0, 0.1) is 18.2 Å². The molecule has 4 N–H and O–H groups in total. The van der Waals surface area contributed by atoms with Gasteiger partial charge in [0.05, 0.1) is 58.6 Å². The number of nitrogens with two attached hydrogens (primary N) is 2. The molecule has 16 heteroatoms. The van der Waals surface area contributed by atoms with E-state index in [1.807, 2.05) is 6.92 Å². The Hall–Kier alpha value is -4.24. The molecule has 6 heterocycles. The zero-order valence-corrected chi connectivity index (χ0v) is 26.0. The summed E-state index contributed by atoms with van der Waals surface area (Å²) in [6.45, 7) is 2.90. The van der Waals surface area contributed by atoms with Gasteiger partial charge in [0.15, 0.2) is 11.6 Å². The highest BCUT2D eigenvalue weighted by Crippen LogP contribution is 2.58. The Morgan fingerprint density at radius 3 is 2.64 bits per heavy atom. The minimum Gasteiger partial charge on any atom is -0.489 e. The number of hydrogen-bond donors (Lipinski definition) is 2. The Bertz CT molecular complexity index is 1920. The van der Waals surface area contributed by atoms with Crippen LogP contribution in [0.2, 0.25) is 5.02 Å². The number of hydrogen-bond acceptors (Lipinski definition) is 10. The second-order valence-corrected chi connectivity index (χ2v) is 12.8. The number of nitrogen functional groups attached to an aromatic ring is 2. The zero-order valence-electron chi connectivity index (χ0n) is 25.2. The van der Waals surface area contributed by atoms with E-state index in [2.05, 4.69) is 19.9 Å². The number of rotatable bonds is 7. The molecule has 0 amide bonds. The fourth-order valence-electron chi connectivity index (χ4n) is 7.09. The van der Waals surface area contributed by atoms with Crippen LogP contribution in [0.25, 0.3) is 22.2 Å². The van der Waals surface area contributed by atoms with Crippen LogP contribution in [0.5, 0.6) is 11.8 Å². The van der Waals surface area contributed by atoms with Gasteiger partial charge in [-0.15, -0.1) is 0 Å². The Labute approximate surface area is 270 Å². The molecule has 0 unspecified atom stereocenters. The fraction of sp³-hybridized carbons (Fsp3) is 0.419. The summed E-state index contributed by atoms with van der Waals surface area (Å²) in [6, 6.07) is 3.81. The number of pyridine rings is 2. The third-order valence-electron chi connectivity index (χ3n) is 9.17. The molecule has 1 aromatic carbocycles. The van der Waals surface area contributed by atoms with Gasteiger partial charge < -0.3 is 30.6 Å². The van der Waals surface area contributed by atoms with Crippen LogP contribution in [0.15, 0.2) is 24.4 Å². The molecule has 1 atom stereocenters. The summed E-state index contributed by atoms with van der Waals surface area (Å²) in [5, 5.41) is -0.432. The average Bonchev–Trinajstić information content (AvgIpc) is 3.48. The van der Waals surface area contributed by atoms with E-state index in [1.165, 1.54) is 6.92 Å². The quantitative estimate of drug-likeness (QED) is 0.217. The predicted octanol–water partition coefficient (Wildman–Crippen LogP) is 6.23. The summed E-state index contributed by atoms with van der Waals surface area (Å²) in [7, 11) is 0. The highest BCUT2D eigenvalue weighted by atomic mass is 35.5. The number of aryl methyl sites for hydroxylation is 1. The summed E-state index contributed by atoms with van der Waals surface area (Å²) >= 11 is 6.75. The lowest BCUT2D eigenvalue weighted by Crippen LogP contribution is -2.48. The van der Waals surface area contributed by atoms with Crippen LogP contribution in [0.3, 0.4) is 0 Å². The summed E-state index contributed by atoms with van der Waals surface area (Å²) in [4.78, 5) is 18.9. The zero-order chi connectivity index (χ0) is 33.5. The molecule has 4 aliphatic rings. The maximum absolute atomic E-state index is 16.9. The van der Waals surface area contributed by atoms with Crippen molar-refractivity contribution in [1.29, 1.82) is 0 Å². The summed E-state index contributed by atoms with van der Waals surface area (Å²) in [6.07, 6.45) is -2.51. The van der Waals surface area contributed by atoms with E-state index in [9.17, 15) is 17.6 Å². The first kappa shape index (κ1) is 31.4. The minimum absolute atomic E-state index is 0.0156. The van der Waals surface area contributed by atoms with Crippen molar-refractivity contribution >= 4 is 40.0 Å². The maximum Gasteiger partial charge on any atom is 0.418 e. The van der Waals surface area contributed by atoms with Gasteiger partial charge in [0.2, 0.25) is 0 Å². The summed E-state index contributed by atoms with van der Waals surface area (Å²) in [5.41, 5.74) is 8.03. The Morgan fingerprint density at radius 2 is 1.96 bits per heavy atom. The molecule has 8 rings (SSSR count). The van der Waals surface area contributed by atoms with E-state index in [4.69, 9.17) is 37.3 Å². The van der Waals surface area contributed by atoms with Crippen molar-refractivity contribution in [2.24, 2.45) is 5.41 Å². The topological polar surface area (TPSA) is 135 Å². The molecule has 10 nitrogen and oxygen atoms in total. The van der Waals surface area contributed by atoms with Crippen molar-refractivity contribution in [1.82, 2.24) is 19.9 Å². The molecule has 3 aromatic heterocycles. The molecule has 0 radical (unpaired) electrons. The fourth-order valence-corrected chi connectivity index (χ4v) is 7.41. The van der Waals surface area contributed by atoms with E-state index in [1.54, 1.807) is 23.2 Å². The number of aromatic nitrogens is 4. The second-order valence-electron chi connectivity index (χ2n) is 12.4. The normalized spacial score (nSPS) is 22.5. The van der Waals surface area contributed by atoms with Crippen molar-refractivity contribution < 1.29 is 36.2 Å². The SMILES string of the molecule is Cc1cc(N)nc(-c2c(Cl)c3c4c(nc(OCC56COC(CF)(C5)C6)nc4c2F)N([C@H](C)c2cccnc2N)CCO3)c1C(F)(F)F. The lowest BCUT2D eigenvalue weighted by molar-refractivity contribution is -0.137. The second kappa shape index (κ2) is 10.9. The average molecular weight is 678 g/mol. The molecule has 4 aromatic rings. The molecular weight excluding hydrogens is 649 g/mol. The maximum atomic E-state index is 16.9. The van der Waals surface area contributed by atoms with Gasteiger partial charge >= 0.3 is 12.2 Å². The molecule has 1 saturated carbocycles. The van der Waals surface area contributed by atoms with Crippen molar-refractivity contribution in [3.8, 4) is 23.0 Å². The van der Waals surface area contributed by atoms with Gasteiger partial charge in [0.25, 0.3) is 0 Å². The van der Waals surface area contributed by atoms with Gasteiger partial charge in [0, 0.05) is 17.2 Å². The van der Waals surface area contributed by atoms with Gasteiger partial charge in [-0.25, -0.2) is 18.7 Å². The number of halogens is 6. The van der Waals surface area contributed by atoms with Crippen molar-refractivity contribution in [3.05, 3.63) is 51.9 Å². The van der Waals surface area contributed by atoms with Gasteiger partial charge in [-0.3, -0.25) is 0 Å². The predicted molar refractivity (Wildman–Crippen MR) is 164 cm³/mol. The first-order valence-corrected chi connectivity index (χ1v) is 15.1. The van der Waals surface area contributed by atoms with Crippen LogP contribution in [0.1, 0.15) is 42.5 Å². The summed E-state index contributed by atoms with van der Waals surface area (Å²) < 4.78 is 91.3. The minimum atomic E-state index is -4.93. The lowest BCUT2D eigenvalue weighted by atomic mass is 9.63. The number of alkyl halides is 4. The Kier molecular flexibility index (Phi) is 7.28. The highest BCUT2D eigenvalue weighted by molar-refractivity contribution is 6.36. The number of fused-ring (bicyclic) bond motifs is 1. The van der Waals surface area contributed by atoms with Crippen LogP contribution in [-0.4, -0.2) is 58.6 Å². The van der Waals surface area contributed by atoms with Crippen molar-refractivity contribution in [3.63, 3.8) is 0 Å². The Balaban J connectivity index is 1.44. The molecular formula is C31H29ClF5N7O3. The standard InChI is InChI=1S/C31H29ClF5N7O3/c1-14-8-17(38)41-23(20(14)31(35,36)37)18-21(32)25-19-24(22(18)34)42-28(46-12-29-9-30(10-29,11-33)47-13-29)43-27(19)44(6-7-45-25)15(2)16-4-3-5-40-26(16)39/h3-5,8,15H,6-7,9-13H2,1-2H3,(H2,38,41)(H2,39,40)/t15-,29?,30?/m1/s1. The lowest BCUT2D eigenvalue weighted by Gasteiger charge is -2.42.